The van der Waals surface area contributed by atoms with Gasteiger partial charge in [0.25, 0.3) is 0 Å². The van der Waals surface area contributed by atoms with Crippen molar-refractivity contribution in [3.63, 3.8) is 0 Å². The van der Waals surface area contributed by atoms with Gasteiger partial charge in [-0.25, -0.2) is 0 Å². The van der Waals surface area contributed by atoms with Gasteiger partial charge >= 0.3 is 0 Å². The van der Waals surface area contributed by atoms with Crippen LogP contribution in [0, 0.1) is 0 Å². The van der Waals surface area contributed by atoms with Crippen LogP contribution in [0.4, 0.5) is 0 Å². The molecule has 1 aliphatic carbocycles. The molecule has 60 valence electrons. The number of hydrogen-bond donors (Lipinski definition) is 1. The van der Waals surface area contributed by atoms with E-state index in [1.807, 2.05) is 13.0 Å². The number of rotatable bonds is 1. The van der Waals surface area contributed by atoms with Crippen molar-refractivity contribution in [3.8, 4) is 0 Å². The molecule has 1 atom stereocenters. The molecule has 0 amide bonds. The van der Waals surface area contributed by atoms with Crippen LogP contribution in [0.3, 0.4) is 0 Å². The lowest BCUT2D eigenvalue weighted by Crippen LogP contribution is -2.01. The first-order valence-electron chi connectivity index (χ1n) is 3.79. The predicted octanol–water partition coefficient (Wildman–Crippen LogP) is 1.67. The second-order valence-electron chi connectivity index (χ2n) is 2.64. The van der Waals surface area contributed by atoms with Gasteiger partial charge in [-0.3, -0.25) is 4.99 Å². The fraction of sp³-hybridized carbons (Fsp3) is 0.444. The van der Waals surface area contributed by atoms with Gasteiger partial charge in [-0.2, -0.15) is 0 Å². The first-order chi connectivity index (χ1) is 5.29. The van der Waals surface area contributed by atoms with Gasteiger partial charge in [0.1, 0.15) is 0 Å². The Morgan fingerprint density at radius 1 is 1.73 bits per heavy atom. The molecule has 0 heterocycles. The lowest BCUT2D eigenvalue weighted by atomic mass is 10.1. The van der Waals surface area contributed by atoms with Crippen LogP contribution in [0.2, 0.25) is 0 Å². The molecule has 11 heavy (non-hydrogen) atoms. The van der Waals surface area contributed by atoms with Gasteiger partial charge in [0, 0.05) is 6.20 Å². The maximum atomic E-state index is 9.41. The normalized spacial score (nSPS) is 31.6. The van der Waals surface area contributed by atoms with E-state index in [1.54, 1.807) is 6.20 Å². The maximum absolute atomic E-state index is 9.41. The van der Waals surface area contributed by atoms with Gasteiger partial charge in [0.15, 0.2) is 0 Å². The van der Waals surface area contributed by atoms with Crippen LogP contribution in [-0.4, -0.2) is 17.9 Å². The highest BCUT2D eigenvalue weighted by molar-refractivity contribution is 5.39. The largest absolute Gasteiger partial charge is 0.388 e. The molecule has 1 saturated carbocycles. The second-order valence-corrected chi connectivity index (χ2v) is 2.64. The van der Waals surface area contributed by atoms with E-state index in [-0.39, 0.29) is 6.10 Å². The molecule has 1 rings (SSSR count). The zero-order chi connectivity index (χ0) is 8.27. The number of allylic oxidation sites excluding steroid dienone is 1. The smallest absolute Gasteiger partial charge is 0.0793 e. The molecular formula is C9H13NO. The molecular weight excluding hydrogens is 138 g/mol. The van der Waals surface area contributed by atoms with E-state index < -0.39 is 0 Å². The third kappa shape index (κ3) is 1.57. The number of aliphatic imine (C=N–C) groups is 1. The third-order valence-corrected chi connectivity index (χ3v) is 1.98. The van der Waals surface area contributed by atoms with E-state index in [0.29, 0.717) is 0 Å². The number of aliphatic hydroxyl groups is 1. The van der Waals surface area contributed by atoms with Gasteiger partial charge in [0.2, 0.25) is 0 Å². The summed E-state index contributed by atoms with van der Waals surface area (Å²) in [6.45, 7) is 5.31. The van der Waals surface area contributed by atoms with Crippen molar-refractivity contribution in [2.45, 2.75) is 25.9 Å². The highest BCUT2D eigenvalue weighted by Crippen LogP contribution is 2.30. The Morgan fingerprint density at radius 3 is 3.00 bits per heavy atom. The van der Waals surface area contributed by atoms with Gasteiger partial charge in [-0.05, 0) is 37.6 Å². The lowest BCUT2D eigenvalue weighted by Gasteiger charge is -2.02. The third-order valence-electron chi connectivity index (χ3n) is 1.98. The Labute approximate surface area is 67.0 Å². The van der Waals surface area contributed by atoms with Crippen LogP contribution >= 0.6 is 0 Å². The van der Waals surface area contributed by atoms with Crippen LogP contribution in [-0.2, 0) is 0 Å². The van der Waals surface area contributed by atoms with Gasteiger partial charge < -0.3 is 5.11 Å². The Morgan fingerprint density at radius 2 is 2.45 bits per heavy atom. The van der Waals surface area contributed by atoms with Gasteiger partial charge in [-0.1, -0.05) is 6.08 Å². The summed E-state index contributed by atoms with van der Waals surface area (Å²) in [6, 6.07) is 0. The van der Waals surface area contributed by atoms with Gasteiger partial charge in [-0.15, -0.1) is 0 Å². The van der Waals surface area contributed by atoms with Crippen LogP contribution in [0.15, 0.2) is 28.4 Å². The SMILES string of the molecule is C=N/C=C1/CCC(O)/C1=C/C. The zero-order valence-corrected chi connectivity index (χ0v) is 6.75. The summed E-state index contributed by atoms with van der Waals surface area (Å²) in [5.41, 5.74) is 2.13. The molecule has 1 fully saturated rings. The minimum atomic E-state index is -0.284. The summed E-state index contributed by atoms with van der Waals surface area (Å²) in [5.74, 6) is 0. The van der Waals surface area contributed by atoms with E-state index >= 15 is 0 Å². The monoisotopic (exact) mass is 151 g/mol. The van der Waals surface area contributed by atoms with E-state index in [9.17, 15) is 5.11 Å². The van der Waals surface area contributed by atoms with Crippen LogP contribution < -0.4 is 0 Å². The van der Waals surface area contributed by atoms with Gasteiger partial charge in [0.05, 0.1) is 6.10 Å². The summed E-state index contributed by atoms with van der Waals surface area (Å²) < 4.78 is 0. The molecule has 2 heteroatoms. The molecule has 2 nitrogen and oxygen atoms in total. The number of aliphatic hydroxyl groups excluding tert-OH is 1. The molecule has 0 radical (unpaired) electrons. The molecule has 0 aromatic rings. The highest BCUT2D eigenvalue weighted by Gasteiger charge is 2.21. The van der Waals surface area contributed by atoms with E-state index in [0.717, 1.165) is 24.0 Å². The van der Waals surface area contributed by atoms with Crippen LogP contribution in [0.1, 0.15) is 19.8 Å². The van der Waals surface area contributed by atoms with Crippen LogP contribution in [0.25, 0.3) is 0 Å². The van der Waals surface area contributed by atoms with Crippen molar-refractivity contribution in [2.24, 2.45) is 4.99 Å². The zero-order valence-electron chi connectivity index (χ0n) is 6.75. The van der Waals surface area contributed by atoms with Crippen molar-refractivity contribution >= 4 is 6.72 Å². The average Bonchev–Trinajstić information content (AvgIpc) is 2.33. The Kier molecular flexibility index (Phi) is 2.60. The minimum absolute atomic E-state index is 0.284. The minimum Gasteiger partial charge on any atom is -0.388 e. The van der Waals surface area contributed by atoms with Crippen molar-refractivity contribution in [2.75, 3.05) is 0 Å². The molecule has 1 N–H and O–H groups in total. The van der Waals surface area contributed by atoms with Crippen molar-refractivity contribution < 1.29 is 5.11 Å². The maximum Gasteiger partial charge on any atom is 0.0793 e. The van der Waals surface area contributed by atoms with Crippen molar-refractivity contribution in [1.29, 1.82) is 0 Å². The first-order valence-corrected chi connectivity index (χ1v) is 3.79. The molecule has 0 aliphatic heterocycles. The molecule has 0 saturated heterocycles. The summed E-state index contributed by atoms with van der Waals surface area (Å²) in [6.07, 6.45) is 5.12. The fourth-order valence-electron chi connectivity index (χ4n) is 1.43. The summed E-state index contributed by atoms with van der Waals surface area (Å²) >= 11 is 0. The van der Waals surface area contributed by atoms with E-state index in [1.165, 1.54) is 0 Å². The number of hydrogen-bond acceptors (Lipinski definition) is 2. The molecule has 0 aromatic carbocycles. The van der Waals surface area contributed by atoms with E-state index in [2.05, 4.69) is 11.7 Å². The number of nitrogens with zero attached hydrogens (tertiary/aromatic N) is 1. The first kappa shape index (κ1) is 8.21. The quantitative estimate of drug-likeness (QED) is 0.568. The van der Waals surface area contributed by atoms with Crippen molar-refractivity contribution in [3.05, 3.63) is 23.4 Å². The topological polar surface area (TPSA) is 32.6 Å². The predicted molar refractivity (Wildman–Crippen MR) is 46.6 cm³/mol. The Hall–Kier alpha value is -0.890. The Balaban J connectivity index is 2.86. The summed E-state index contributed by atoms with van der Waals surface area (Å²) in [4.78, 5) is 3.69. The molecule has 0 aromatic heterocycles. The van der Waals surface area contributed by atoms with Crippen LogP contribution in [0.5, 0.6) is 0 Å². The molecule has 0 spiro atoms. The highest BCUT2D eigenvalue weighted by atomic mass is 16.3. The summed E-state index contributed by atoms with van der Waals surface area (Å²) in [5, 5.41) is 9.41. The summed E-state index contributed by atoms with van der Waals surface area (Å²) in [7, 11) is 0. The molecule has 1 aliphatic rings. The Bertz CT molecular complexity index is 216. The van der Waals surface area contributed by atoms with Crippen molar-refractivity contribution in [1.82, 2.24) is 0 Å². The average molecular weight is 151 g/mol. The lowest BCUT2D eigenvalue weighted by molar-refractivity contribution is 0.218. The molecule has 0 bridgehead atoms. The second kappa shape index (κ2) is 3.49. The molecule has 1 unspecified atom stereocenters. The van der Waals surface area contributed by atoms with E-state index in [4.69, 9.17) is 0 Å². The fourth-order valence-corrected chi connectivity index (χ4v) is 1.43. The standard InChI is InChI=1S/C9H13NO/c1-3-8-7(6-10-2)4-5-9(8)11/h3,6,9,11H,2,4-5H2,1H3/b7-6-,8-3+.